The highest BCUT2D eigenvalue weighted by Gasteiger charge is 2.33. The zero-order valence-corrected chi connectivity index (χ0v) is 11.7. The van der Waals surface area contributed by atoms with Gasteiger partial charge >= 0.3 is 0 Å². The van der Waals surface area contributed by atoms with Crippen molar-refractivity contribution in [1.82, 2.24) is 9.55 Å². The molecule has 17 heavy (non-hydrogen) atoms. The molecular formula is C12H12Cl2N2S. The second-order valence-corrected chi connectivity index (χ2v) is 6.00. The van der Waals surface area contributed by atoms with Gasteiger partial charge in [-0.05, 0) is 42.6 Å². The highest BCUT2D eigenvalue weighted by molar-refractivity contribution is 7.71. The van der Waals surface area contributed by atoms with Crippen LogP contribution in [0.4, 0.5) is 0 Å². The Kier molecular flexibility index (Phi) is 2.73. The maximum atomic E-state index is 6.06. The molecule has 3 rings (SSSR count). The summed E-state index contributed by atoms with van der Waals surface area (Å²) in [4.78, 5) is 3.18. The van der Waals surface area contributed by atoms with E-state index in [0.29, 0.717) is 10.0 Å². The first kappa shape index (κ1) is 11.6. The number of nitrogens with one attached hydrogen (secondary N) is 1. The molecule has 2 aromatic rings. The lowest BCUT2D eigenvalue weighted by Gasteiger charge is -2.04. The minimum atomic E-state index is 0.558. The van der Waals surface area contributed by atoms with Crippen LogP contribution in [0.2, 0.25) is 10.0 Å². The van der Waals surface area contributed by atoms with Crippen molar-refractivity contribution < 1.29 is 0 Å². The molecule has 1 N–H and O–H groups in total. The molecule has 2 atom stereocenters. The van der Waals surface area contributed by atoms with Crippen LogP contribution < -0.4 is 0 Å². The average Bonchev–Trinajstić information content (AvgIpc) is 2.88. The Morgan fingerprint density at radius 3 is 2.71 bits per heavy atom. The van der Waals surface area contributed by atoms with Crippen LogP contribution in [-0.4, -0.2) is 9.55 Å². The third-order valence-corrected chi connectivity index (χ3v) is 4.55. The third-order valence-electron chi connectivity index (χ3n) is 3.51. The van der Waals surface area contributed by atoms with Gasteiger partial charge in [0.1, 0.15) is 0 Å². The molecule has 2 unspecified atom stereocenters. The van der Waals surface area contributed by atoms with Crippen LogP contribution in [-0.2, 0) is 6.54 Å². The molecule has 90 valence electrons. The van der Waals surface area contributed by atoms with Gasteiger partial charge in [-0.25, -0.2) is 0 Å². The van der Waals surface area contributed by atoms with E-state index in [1.165, 1.54) is 6.42 Å². The number of rotatable bonds is 2. The molecule has 1 aromatic carbocycles. The van der Waals surface area contributed by atoms with E-state index in [1.54, 1.807) is 0 Å². The molecule has 2 nitrogen and oxygen atoms in total. The number of nitrogens with zero attached hydrogens (tertiary/aromatic N) is 1. The standard InChI is InChI=1S/C12H12Cl2N2S/c1-6-2-7(6)5-16-11-4-9(14)8(13)3-10(11)15-12(16)17/h3-4,6-7H,2,5H2,1H3,(H,15,17). The Hall–Kier alpha value is -0.510. The normalized spacial score (nSPS) is 23.2. The van der Waals surface area contributed by atoms with Gasteiger partial charge in [0.25, 0.3) is 0 Å². The highest BCUT2D eigenvalue weighted by Crippen LogP contribution is 2.40. The zero-order valence-electron chi connectivity index (χ0n) is 9.34. The number of hydrogen-bond acceptors (Lipinski definition) is 1. The first-order chi connectivity index (χ1) is 8.06. The maximum absolute atomic E-state index is 6.06. The second-order valence-electron chi connectivity index (χ2n) is 4.80. The van der Waals surface area contributed by atoms with E-state index in [4.69, 9.17) is 35.4 Å². The number of fused-ring (bicyclic) bond motifs is 1. The van der Waals surface area contributed by atoms with Crippen LogP contribution in [0, 0.1) is 16.6 Å². The smallest absolute Gasteiger partial charge is 0.178 e. The zero-order chi connectivity index (χ0) is 12.2. The Labute approximate surface area is 115 Å². The van der Waals surface area contributed by atoms with E-state index in [0.717, 1.165) is 34.2 Å². The van der Waals surface area contributed by atoms with Gasteiger partial charge in [-0.1, -0.05) is 30.1 Å². The van der Waals surface area contributed by atoms with Crippen LogP contribution in [0.25, 0.3) is 11.0 Å². The molecule has 1 aliphatic carbocycles. The fraction of sp³-hybridized carbons (Fsp3) is 0.417. The number of benzene rings is 1. The molecule has 0 bridgehead atoms. The Morgan fingerprint density at radius 1 is 1.41 bits per heavy atom. The topological polar surface area (TPSA) is 20.7 Å². The summed E-state index contributed by atoms with van der Waals surface area (Å²) in [6, 6.07) is 3.72. The van der Waals surface area contributed by atoms with Crippen molar-refractivity contribution in [3.05, 3.63) is 26.9 Å². The summed E-state index contributed by atoms with van der Waals surface area (Å²) in [7, 11) is 0. The molecule has 0 radical (unpaired) electrons. The lowest BCUT2D eigenvalue weighted by Crippen LogP contribution is -2.00. The third kappa shape index (κ3) is 2.01. The summed E-state index contributed by atoms with van der Waals surface area (Å²) in [5.74, 6) is 1.56. The Bertz CT molecular complexity index is 644. The lowest BCUT2D eigenvalue weighted by molar-refractivity contribution is 0.601. The van der Waals surface area contributed by atoms with Crippen molar-refractivity contribution in [1.29, 1.82) is 0 Å². The fourth-order valence-corrected chi connectivity index (χ4v) is 2.83. The number of hydrogen-bond donors (Lipinski definition) is 1. The summed E-state index contributed by atoms with van der Waals surface area (Å²) in [6.45, 7) is 3.24. The lowest BCUT2D eigenvalue weighted by atomic mass is 10.3. The number of imidazole rings is 1. The van der Waals surface area contributed by atoms with Gasteiger partial charge in [0.15, 0.2) is 4.77 Å². The second kappa shape index (κ2) is 4.01. The molecule has 0 spiro atoms. The largest absolute Gasteiger partial charge is 0.331 e. The van der Waals surface area contributed by atoms with Gasteiger partial charge in [0, 0.05) is 6.54 Å². The molecule has 1 fully saturated rings. The van der Waals surface area contributed by atoms with Crippen molar-refractivity contribution in [2.24, 2.45) is 11.8 Å². The van der Waals surface area contributed by atoms with E-state index < -0.39 is 0 Å². The van der Waals surface area contributed by atoms with Crippen LogP contribution in [0.3, 0.4) is 0 Å². The number of halogens is 2. The van der Waals surface area contributed by atoms with Gasteiger partial charge in [-0.2, -0.15) is 0 Å². The summed E-state index contributed by atoms with van der Waals surface area (Å²) in [5.41, 5.74) is 2.00. The van der Waals surface area contributed by atoms with Gasteiger partial charge in [-0.15, -0.1) is 0 Å². The number of aromatic nitrogens is 2. The molecule has 1 aliphatic rings. The van der Waals surface area contributed by atoms with Crippen molar-refractivity contribution >= 4 is 46.5 Å². The predicted molar refractivity (Wildman–Crippen MR) is 74.4 cm³/mol. The van der Waals surface area contributed by atoms with E-state index in [9.17, 15) is 0 Å². The monoisotopic (exact) mass is 286 g/mol. The first-order valence-corrected chi connectivity index (χ1v) is 6.80. The molecule has 0 aliphatic heterocycles. The van der Waals surface area contributed by atoms with E-state index in [-0.39, 0.29) is 0 Å². The average molecular weight is 287 g/mol. The number of H-pyrrole nitrogens is 1. The minimum Gasteiger partial charge on any atom is -0.331 e. The molecular weight excluding hydrogens is 275 g/mol. The van der Waals surface area contributed by atoms with Gasteiger partial charge in [0.05, 0.1) is 21.1 Å². The van der Waals surface area contributed by atoms with E-state index >= 15 is 0 Å². The van der Waals surface area contributed by atoms with Crippen molar-refractivity contribution in [3.8, 4) is 0 Å². The van der Waals surface area contributed by atoms with Crippen LogP contribution in [0.15, 0.2) is 12.1 Å². The SMILES string of the molecule is CC1CC1Cn1c(=S)[nH]c2cc(Cl)c(Cl)cc21. The maximum Gasteiger partial charge on any atom is 0.178 e. The van der Waals surface area contributed by atoms with E-state index in [2.05, 4.69) is 16.5 Å². The van der Waals surface area contributed by atoms with Gasteiger partial charge in [0.2, 0.25) is 0 Å². The molecule has 0 amide bonds. The van der Waals surface area contributed by atoms with Crippen molar-refractivity contribution in [3.63, 3.8) is 0 Å². The van der Waals surface area contributed by atoms with Crippen LogP contribution in [0.5, 0.6) is 0 Å². The molecule has 1 saturated carbocycles. The van der Waals surface area contributed by atoms with Gasteiger partial charge in [-0.3, -0.25) is 0 Å². The first-order valence-electron chi connectivity index (χ1n) is 5.64. The Balaban J connectivity index is 2.13. The van der Waals surface area contributed by atoms with Crippen molar-refractivity contribution in [2.45, 2.75) is 19.9 Å². The van der Waals surface area contributed by atoms with Crippen molar-refractivity contribution in [2.75, 3.05) is 0 Å². The summed E-state index contributed by atoms with van der Waals surface area (Å²) < 4.78 is 2.87. The predicted octanol–water partition coefficient (Wildman–Crippen LogP) is 4.66. The minimum absolute atomic E-state index is 0.558. The molecule has 0 saturated heterocycles. The molecule has 1 aromatic heterocycles. The summed E-state index contributed by atoms with van der Waals surface area (Å²) in [5, 5.41) is 1.13. The van der Waals surface area contributed by atoms with E-state index in [1.807, 2.05) is 12.1 Å². The quantitative estimate of drug-likeness (QED) is 0.796. The van der Waals surface area contributed by atoms with Crippen LogP contribution in [0.1, 0.15) is 13.3 Å². The Morgan fingerprint density at radius 2 is 2.06 bits per heavy atom. The highest BCUT2D eigenvalue weighted by atomic mass is 35.5. The summed E-state index contributed by atoms with van der Waals surface area (Å²) in [6.07, 6.45) is 1.29. The molecule has 5 heteroatoms. The summed E-state index contributed by atoms with van der Waals surface area (Å²) >= 11 is 17.4. The number of aromatic amines is 1. The van der Waals surface area contributed by atoms with Gasteiger partial charge < -0.3 is 9.55 Å². The fourth-order valence-electron chi connectivity index (χ4n) is 2.22. The van der Waals surface area contributed by atoms with Crippen LogP contribution >= 0.6 is 35.4 Å². The molecule has 1 heterocycles.